The molecule has 7 heteroatoms. The van der Waals surface area contributed by atoms with Crippen molar-refractivity contribution in [3.05, 3.63) is 59.2 Å². The van der Waals surface area contributed by atoms with Crippen LogP contribution in [0.5, 0.6) is 0 Å². The quantitative estimate of drug-likeness (QED) is 0.623. The predicted molar refractivity (Wildman–Crippen MR) is 104 cm³/mol. The molecule has 0 fully saturated rings. The van der Waals surface area contributed by atoms with Gasteiger partial charge in [0.2, 0.25) is 0 Å². The van der Waals surface area contributed by atoms with Gasteiger partial charge >= 0.3 is 0 Å². The Hall–Kier alpha value is -2.32. The molecule has 148 valence electrons. The number of rotatable bonds is 5. The summed E-state index contributed by atoms with van der Waals surface area (Å²) in [5.74, 6) is 0. The normalized spacial score (nSPS) is 20.0. The van der Waals surface area contributed by atoms with Crippen LogP contribution in [0.3, 0.4) is 0 Å². The first-order valence-electron chi connectivity index (χ1n) is 9.49. The van der Waals surface area contributed by atoms with E-state index in [9.17, 15) is 15.3 Å². The number of aliphatic hydroxyl groups is 3. The van der Waals surface area contributed by atoms with E-state index >= 15 is 0 Å². The summed E-state index contributed by atoms with van der Waals surface area (Å²) in [6.07, 6.45) is -0.0984. The third kappa shape index (κ3) is 3.42. The average molecular weight is 383 g/mol. The molecule has 28 heavy (non-hydrogen) atoms. The summed E-state index contributed by atoms with van der Waals surface area (Å²) in [6.45, 7) is 4.48. The Morgan fingerprint density at radius 3 is 2.82 bits per heavy atom. The minimum atomic E-state index is -1.38. The predicted octanol–water partition coefficient (Wildman–Crippen LogP) is 1.96. The molecule has 3 aromatic rings. The Morgan fingerprint density at radius 1 is 1.18 bits per heavy atom. The molecule has 3 N–H and O–H groups in total. The van der Waals surface area contributed by atoms with Crippen LogP contribution >= 0.6 is 0 Å². The van der Waals surface area contributed by atoms with Crippen molar-refractivity contribution in [2.24, 2.45) is 0 Å². The molecule has 4 unspecified atom stereocenters. The number of aromatic nitrogens is 3. The summed E-state index contributed by atoms with van der Waals surface area (Å²) in [7, 11) is 0. The van der Waals surface area contributed by atoms with E-state index in [0.717, 1.165) is 23.1 Å². The maximum absolute atomic E-state index is 10.7. The summed E-state index contributed by atoms with van der Waals surface area (Å²) in [6, 6.07) is 7.96. The first-order chi connectivity index (χ1) is 13.5. The molecule has 3 heterocycles. The van der Waals surface area contributed by atoms with Crippen molar-refractivity contribution in [3.63, 3.8) is 0 Å². The molecule has 4 rings (SSSR count). The summed E-state index contributed by atoms with van der Waals surface area (Å²) in [5.41, 5.74) is 4.73. The Kier molecular flexibility index (Phi) is 5.16. The molecule has 2 aromatic heterocycles. The van der Waals surface area contributed by atoms with Crippen molar-refractivity contribution in [2.75, 3.05) is 6.61 Å². The second kappa shape index (κ2) is 7.60. The van der Waals surface area contributed by atoms with Crippen LogP contribution in [0, 0.1) is 13.8 Å². The van der Waals surface area contributed by atoms with Gasteiger partial charge < -0.3 is 24.6 Å². The van der Waals surface area contributed by atoms with E-state index < -0.39 is 18.4 Å². The lowest BCUT2D eigenvalue weighted by molar-refractivity contribution is -0.107. The summed E-state index contributed by atoms with van der Waals surface area (Å²) in [4.78, 5) is 8.32. The van der Waals surface area contributed by atoms with Gasteiger partial charge in [-0.25, -0.2) is 9.97 Å². The number of aliphatic hydroxyl groups excluding tert-OH is 3. The average Bonchev–Trinajstić information content (AvgIpc) is 3.12. The first-order valence-corrected chi connectivity index (χ1v) is 9.49. The fourth-order valence-electron chi connectivity index (χ4n) is 3.89. The third-order valence-electron chi connectivity index (χ3n) is 5.48. The molecule has 0 saturated heterocycles. The molecular weight excluding hydrogens is 358 g/mol. The van der Waals surface area contributed by atoms with Gasteiger partial charge in [0, 0.05) is 18.0 Å². The van der Waals surface area contributed by atoms with Gasteiger partial charge in [0.05, 0.1) is 24.5 Å². The number of hydrogen-bond donors (Lipinski definition) is 3. The van der Waals surface area contributed by atoms with E-state index in [1.54, 1.807) is 12.3 Å². The lowest BCUT2D eigenvalue weighted by atomic mass is 9.91. The Bertz CT molecular complexity index is 987. The number of benzene rings is 1. The molecule has 0 aliphatic carbocycles. The van der Waals surface area contributed by atoms with Gasteiger partial charge in [0.25, 0.3) is 0 Å². The Morgan fingerprint density at radius 2 is 2.00 bits per heavy atom. The maximum Gasteiger partial charge on any atom is 0.160 e. The molecule has 1 aliphatic rings. The second-order valence-electron chi connectivity index (χ2n) is 7.44. The highest BCUT2D eigenvalue weighted by Crippen LogP contribution is 2.33. The van der Waals surface area contributed by atoms with Gasteiger partial charge in [0.15, 0.2) is 6.23 Å². The monoisotopic (exact) mass is 383 g/mol. The Balaban J connectivity index is 1.52. The fraction of sp³-hybridized carbons (Fsp3) is 0.429. The number of ether oxygens (including phenoxy) is 1. The van der Waals surface area contributed by atoms with Crippen LogP contribution in [-0.4, -0.2) is 48.7 Å². The van der Waals surface area contributed by atoms with E-state index in [2.05, 4.69) is 16.0 Å². The van der Waals surface area contributed by atoms with Gasteiger partial charge in [0.1, 0.15) is 18.1 Å². The van der Waals surface area contributed by atoms with E-state index in [-0.39, 0.29) is 12.5 Å². The van der Waals surface area contributed by atoms with E-state index in [1.807, 2.05) is 26.0 Å². The largest absolute Gasteiger partial charge is 0.390 e. The summed E-state index contributed by atoms with van der Waals surface area (Å²) >= 11 is 0. The molecular formula is C21H25N3O4. The van der Waals surface area contributed by atoms with Crippen molar-refractivity contribution in [1.29, 1.82) is 0 Å². The molecule has 0 radical (unpaired) electrons. The standard InChI is InChI=1S/C21H25N3O4/c1-12-3-4-16-14(9-12)6-8-28-18(16)10-17(25)19(26)21(27)24-7-5-15-13(2)22-11-23-20(15)24/h3-5,7,9,11,17-19,21,25-27H,6,8,10H2,1-2H3. The second-order valence-corrected chi connectivity index (χ2v) is 7.44. The van der Waals surface area contributed by atoms with Gasteiger partial charge in [-0.2, -0.15) is 0 Å². The smallest absolute Gasteiger partial charge is 0.160 e. The van der Waals surface area contributed by atoms with E-state index in [0.29, 0.717) is 12.3 Å². The number of fused-ring (bicyclic) bond motifs is 2. The maximum atomic E-state index is 10.7. The SMILES string of the molecule is Cc1ccc2c(c1)CCOC2CC(O)C(O)C(O)n1ccc2c(C)ncnc21. The van der Waals surface area contributed by atoms with Crippen molar-refractivity contribution in [3.8, 4) is 0 Å². The Labute approximate surface area is 163 Å². The molecule has 1 aromatic carbocycles. The van der Waals surface area contributed by atoms with Crippen molar-refractivity contribution < 1.29 is 20.1 Å². The van der Waals surface area contributed by atoms with Crippen molar-refractivity contribution >= 4 is 11.0 Å². The van der Waals surface area contributed by atoms with Crippen LogP contribution in [0.25, 0.3) is 11.0 Å². The minimum absolute atomic E-state index is 0.196. The summed E-state index contributed by atoms with van der Waals surface area (Å²) < 4.78 is 7.30. The zero-order chi connectivity index (χ0) is 19.8. The van der Waals surface area contributed by atoms with Gasteiger partial charge in [-0.1, -0.05) is 23.8 Å². The van der Waals surface area contributed by atoms with Crippen LogP contribution in [0.2, 0.25) is 0 Å². The number of nitrogens with zero attached hydrogens (tertiary/aromatic N) is 3. The molecule has 7 nitrogen and oxygen atoms in total. The van der Waals surface area contributed by atoms with Crippen molar-refractivity contribution in [1.82, 2.24) is 14.5 Å². The fourth-order valence-corrected chi connectivity index (χ4v) is 3.89. The lowest BCUT2D eigenvalue weighted by Crippen LogP contribution is -2.37. The topological polar surface area (TPSA) is 101 Å². The van der Waals surface area contributed by atoms with Crippen LogP contribution in [0.15, 0.2) is 36.8 Å². The molecule has 0 bridgehead atoms. The highest BCUT2D eigenvalue weighted by molar-refractivity contribution is 5.78. The van der Waals surface area contributed by atoms with Crippen LogP contribution in [0.4, 0.5) is 0 Å². The van der Waals surface area contributed by atoms with Crippen molar-refractivity contribution in [2.45, 2.75) is 51.2 Å². The number of aryl methyl sites for hydroxylation is 2. The molecule has 0 amide bonds. The summed E-state index contributed by atoms with van der Waals surface area (Å²) in [5, 5.41) is 32.6. The van der Waals surface area contributed by atoms with Gasteiger partial charge in [-0.15, -0.1) is 0 Å². The molecule has 0 saturated carbocycles. The van der Waals surface area contributed by atoms with E-state index in [4.69, 9.17) is 4.74 Å². The minimum Gasteiger partial charge on any atom is -0.390 e. The highest BCUT2D eigenvalue weighted by Gasteiger charge is 2.31. The van der Waals surface area contributed by atoms with Gasteiger partial charge in [-0.3, -0.25) is 0 Å². The zero-order valence-corrected chi connectivity index (χ0v) is 16.0. The molecule has 1 aliphatic heterocycles. The third-order valence-corrected chi connectivity index (χ3v) is 5.48. The van der Waals surface area contributed by atoms with Crippen LogP contribution in [-0.2, 0) is 11.2 Å². The van der Waals surface area contributed by atoms with E-state index in [1.165, 1.54) is 22.0 Å². The highest BCUT2D eigenvalue weighted by atomic mass is 16.5. The molecule has 0 spiro atoms. The first kappa shape index (κ1) is 19.0. The lowest BCUT2D eigenvalue weighted by Gasteiger charge is -2.31. The molecule has 4 atom stereocenters. The van der Waals surface area contributed by atoms with Gasteiger partial charge in [-0.05, 0) is 37.5 Å². The van der Waals surface area contributed by atoms with Crippen LogP contribution < -0.4 is 0 Å². The number of hydrogen-bond acceptors (Lipinski definition) is 6. The zero-order valence-electron chi connectivity index (χ0n) is 16.0. The van der Waals surface area contributed by atoms with Crippen LogP contribution in [0.1, 0.15) is 41.1 Å².